The van der Waals surface area contributed by atoms with Crippen LogP contribution in [0.2, 0.25) is 0 Å². The summed E-state index contributed by atoms with van der Waals surface area (Å²) in [7, 11) is 1.63. The summed E-state index contributed by atoms with van der Waals surface area (Å²) in [6.45, 7) is 8.17. The first-order valence-electron chi connectivity index (χ1n) is 9.02. The lowest BCUT2D eigenvalue weighted by Crippen LogP contribution is -2.28. The van der Waals surface area contributed by atoms with Gasteiger partial charge in [-0.05, 0) is 49.5 Å². The molecule has 0 unspecified atom stereocenters. The lowest BCUT2D eigenvalue weighted by Gasteiger charge is -2.17. The van der Waals surface area contributed by atoms with Crippen LogP contribution in [-0.2, 0) is 0 Å². The Morgan fingerprint density at radius 2 is 1.81 bits per heavy atom. The topological polar surface area (TPSA) is 89.2 Å². The molecule has 0 radical (unpaired) electrons. The van der Waals surface area contributed by atoms with Gasteiger partial charge in [0.1, 0.15) is 11.6 Å². The van der Waals surface area contributed by atoms with Crippen LogP contribution < -0.4 is 10.1 Å². The first kappa shape index (κ1) is 18.8. The van der Waals surface area contributed by atoms with E-state index >= 15 is 0 Å². The molecule has 0 saturated heterocycles. The molecule has 3 aromatic rings. The van der Waals surface area contributed by atoms with E-state index in [1.807, 2.05) is 36.4 Å². The van der Waals surface area contributed by atoms with E-state index in [-0.39, 0.29) is 0 Å². The maximum atomic E-state index is 5.32. The number of ether oxygens (including phenoxy) is 1. The van der Waals surface area contributed by atoms with Crippen molar-refractivity contribution in [3.8, 4) is 28.7 Å². The molecular weight excluding hydrogens is 344 g/mol. The number of aromatic nitrogens is 4. The fourth-order valence-electron chi connectivity index (χ4n) is 2.61. The third-order valence-corrected chi connectivity index (χ3v) is 4.29. The molecule has 27 heavy (non-hydrogen) atoms. The summed E-state index contributed by atoms with van der Waals surface area (Å²) in [5.74, 6) is 2.33. The number of likely N-dealkylation sites (N-methyl/N-ethyl adjacent to an activating group) is 1. The number of anilines is 1. The van der Waals surface area contributed by atoms with Crippen LogP contribution in [0.1, 0.15) is 13.8 Å². The maximum Gasteiger partial charge on any atom is 0.278 e. The van der Waals surface area contributed by atoms with Gasteiger partial charge in [-0.15, -0.1) is 10.2 Å². The molecule has 0 fully saturated rings. The molecule has 0 saturated carbocycles. The largest absolute Gasteiger partial charge is 0.497 e. The van der Waals surface area contributed by atoms with Crippen LogP contribution in [0.15, 0.2) is 40.9 Å². The molecule has 0 aliphatic heterocycles. The van der Waals surface area contributed by atoms with E-state index in [0.717, 1.165) is 43.3 Å². The Kier molecular flexibility index (Phi) is 6.32. The summed E-state index contributed by atoms with van der Waals surface area (Å²) in [6.07, 6.45) is 0. The van der Waals surface area contributed by atoms with Crippen LogP contribution in [0.25, 0.3) is 23.0 Å². The number of hydrogen-bond acceptors (Lipinski definition) is 8. The Morgan fingerprint density at radius 1 is 1.04 bits per heavy atom. The van der Waals surface area contributed by atoms with Gasteiger partial charge in [-0.1, -0.05) is 19.0 Å². The van der Waals surface area contributed by atoms with E-state index in [2.05, 4.69) is 44.4 Å². The van der Waals surface area contributed by atoms with Crippen molar-refractivity contribution in [3.63, 3.8) is 0 Å². The summed E-state index contributed by atoms with van der Waals surface area (Å²) < 4.78 is 10.5. The van der Waals surface area contributed by atoms with Gasteiger partial charge in [0.25, 0.3) is 5.89 Å². The van der Waals surface area contributed by atoms with Crippen molar-refractivity contribution in [2.45, 2.75) is 13.8 Å². The molecule has 1 aromatic carbocycles. The summed E-state index contributed by atoms with van der Waals surface area (Å²) in [6, 6.07) is 11.1. The van der Waals surface area contributed by atoms with Gasteiger partial charge >= 0.3 is 0 Å². The van der Waals surface area contributed by atoms with Crippen molar-refractivity contribution in [2.75, 3.05) is 38.6 Å². The average Bonchev–Trinajstić information content (AvgIpc) is 3.22. The number of hydrogen-bond donors (Lipinski definition) is 1. The number of benzene rings is 1. The monoisotopic (exact) mass is 368 g/mol. The molecule has 0 spiro atoms. The molecule has 2 aromatic heterocycles. The van der Waals surface area contributed by atoms with Gasteiger partial charge in [-0.2, -0.15) is 4.98 Å². The van der Waals surface area contributed by atoms with E-state index in [0.29, 0.717) is 17.4 Å². The minimum atomic E-state index is 0.336. The van der Waals surface area contributed by atoms with E-state index in [1.165, 1.54) is 0 Å². The molecule has 1 N–H and O–H groups in total. The van der Waals surface area contributed by atoms with E-state index in [4.69, 9.17) is 9.26 Å². The van der Waals surface area contributed by atoms with Gasteiger partial charge in [-0.3, -0.25) is 0 Å². The molecule has 0 bridgehead atoms. The zero-order valence-electron chi connectivity index (χ0n) is 15.8. The fourth-order valence-corrected chi connectivity index (χ4v) is 2.61. The Balaban J connectivity index is 1.62. The SMILES string of the molecule is CCN(CC)CCNc1ccc(-c2nc(-c3ccc(OC)cc3)no2)nn1. The van der Waals surface area contributed by atoms with Crippen molar-refractivity contribution in [1.82, 2.24) is 25.2 Å². The second-order valence-corrected chi connectivity index (χ2v) is 5.91. The summed E-state index contributed by atoms with van der Waals surface area (Å²) in [5.41, 5.74) is 1.38. The van der Waals surface area contributed by atoms with Gasteiger partial charge in [0.05, 0.1) is 7.11 Å². The van der Waals surface area contributed by atoms with Gasteiger partial charge < -0.3 is 19.5 Å². The fraction of sp³-hybridized carbons (Fsp3) is 0.368. The van der Waals surface area contributed by atoms with Gasteiger partial charge in [-0.25, -0.2) is 0 Å². The van der Waals surface area contributed by atoms with Crippen LogP contribution in [0, 0.1) is 0 Å². The smallest absolute Gasteiger partial charge is 0.278 e. The molecule has 8 nitrogen and oxygen atoms in total. The first-order chi connectivity index (χ1) is 13.2. The van der Waals surface area contributed by atoms with Crippen molar-refractivity contribution in [1.29, 1.82) is 0 Å². The normalized spacial score (nSPS) is 11.0. The highest BCUT2D eigenvalue weighted by Gasteiger charge is 2.12. The summed E-state index contributed by atoms with van der Waals surface area (Å²) in [4.78, 5) is 6.74. The molecule has 0 aliphatic carbocycles. The molecular formula is C19H24N6O2. The molecule has 0 atom stereocenters. The Bertz CT molecular complexity index is 828. The van der Waals surface area contributed by atoms with Gasteiger partial charge in [0.15, 0.2) is 5.69 Å². The third kappa shape index (κ3) is 4.79. The highest BCUT2D eigenvalue weighted by molar-refractivity contribution is 5.59. The summed E-state index contributed by atoms with van der Waals surface area (Å²) >= 11 is 0. The second kappa shape index (κ2) is 9.09. The van der Waals surface area contributed by atoms with E-state index in [1.54, 1.807) is 7.11 Å². The first-order valence-corrected chi connectivity index (χ1v) is 9.02. The number of methoxy groups -OCH3 is 1. The van der Waals surface area contributed by atoms with E-state index in [9.17, 15) is 0 Å². The zero-order chi connectivity index (χ0) is 19.1. The quantitative estimate of drug-likeness (QED) is 0.617. The van der Waals surface area contributed by atoms with Crippen LogP contribution >= 0.6 is 0 Å². The third-order valence-electron chi connectivity index (χ3n) is 4.29. The second-order valence-electron chi connectivity index (χ2n) is 5.91. The molecule has 2 heterocycles. The number of nitrogens with zero attached hydrogens (tertiary/aromatic N) is 5. The van der Waals surface area contributed by atoms with Crippen molar-refractivity contribution in [3.05, 3.63) is 36.4 Å². The zero-order valence-corrected chi connectivity index (χ0v) is 15.8. The van der Waals surface area contributed by atoms with Gasteiger partial charge in [0, 0.05) is 18.7 Å². The summed E-state index contributed by atoms with van der Waals surface area (Å²) in [5, 5.41) is 15.6. The number of rotatable bonds is 9. The lowest BCUT2D eigenvalue weighted by molar-refractivity contribution is 0.316. The van der Waals surface area contributed by atoms with Crippen LogP contribution in [0.3, 0.4) is 0 Å². The van der Waals surface area contributed by atoms with E-state index < -0.39 is 0 Å². The predicted molar refractivity (Wildman–Crippen MR) is 104 cm³/mol. The Hall–Kier alpha value is -3.00. The van der Waals surface area contributed by atoms with Crippen LogP contribution in [-0.4, -0.2) is 58.5 Å². The average molecular weight is 368 g/mol. The highest BCUT2D eigenvalue weighted by atomic mass is 16.5. The highest BCUT2D eigenvalue weighted by Crippen LogP contribution is 2.22. The minimum Gasteiger partial charge on any atom is -0.497 e. The number of nitrogens with one attached hydrogen (secondary N) is 1. The van der Waals surface area contributed by atoms with Crippen molar-refractivity contribution >= 4 is 5.82 Å². The van der Waals surface area contributed by atoms with Crippen LogP contribution in [0.5, 0.6) is 5.75 Å². The molecule has 0 aliphatic rings. The molecule has 3 rings (SSSR count). The van der Waals surface area contributed by atoms with Crippen molar-refractivity contribution < 1.29 is 9.26 Å². The minimum absolute atomic E-state index is 0.336. The Labute approximate surface area is 158 Å². The standard InChI is InChI=1S/C19H24N6O2/c1-4-25(5-2)13-12-20-17-11-10-16(22-23-17)19-21-18(24-27-19)14-6-8-15(26-3)9-7-14/h6-11H,4-5,12-13H2,1-3H3,(H,20,23). The molecule has 142 valence electrons. The molecule has 8 heteroatoms. The predicted octanol–water partition coefficient (Wildman–Crippen LogP) is 2.96. The lowest BCUT2D eigenvalue weighted by atomic mass is 10.2. The molecule has 0 amide bonds. The van der Waals surface area contributed by atoms with Crippen LogP contribution in [0.4, 0.5) is 5.82 Å². The van der Waals surface area contributed by atoms with Crippen molar-refractivity contribution in [2.24, 2.45) is 0 Å². The van der Waals surface area contributed by atoms with Gasteiger partial charge in [0.2, 0.25) is 5.82 Å². The maximum absolute atomic E-state index is 5.32. The Morgan fingerprint density at radius 3 is 2.44 bits per heavy atom.